The smallest absolute Gasteiger partial charge is 0.318 e. The fourth-order valence-electron chi connectivity index (χ4n) is 2.22. The molecule has 3 N–H and O–H groups in total. The van der Waals surface area contributed by atoms with Gasteiger partial charge in [-0.15, -0.1) is 10.2 Å². The Bertz CT molecular complexity index is 894. The van der Waals surface area contributed by atoms with Crippen molar-refractivity contribution in [1.82, 2.24) is 25.1 Å². The summed E-state index contributed by atoms with van der Waals surface area (Å²) in [6.45, 7) is 2.04. The van der Waals surface area contributed by atoms with E-state index in [0.29, 0.717) is 23.3 Å². The van der Waals surface area contributed by atoms with Gasteiger partial charge in [0.15, 0.2) is 11.0 Å². The Kier molecular flexibility index (Phi) is 5.32. The second-order valence-corrected chi connectivity index (χ2v) is 6.63. The van der Waals surface area contributed by atoms with Gasteiger partial charge in [0.05, 0.1) is 18.1 Å². The second-order valence-electron chi connectivity index (χ2n) is 5.33. The van der Waals surface area contributed by atoms with Gasteiger partial charge in [0.1, 0.15) is 5.76 Å². The van der Waals surface area contributed by atoms with Crippen LogP contribution in [0.2, 0.25) is 0 Å². The summed E-state index contributed by atoms with van der Waals surface area (Å²) >= 11 is 1.17. The Hall–Kier alpha value is -3.14. The number of carbonyl (C=O) groups is 2. The van der Waals surface area contributed by atoms with Gasteiger partial charge in [0.25, 0.3) is 0 Å². The fourth-order valence-corrected chi connectivity index (χ4v) is 3.07. The van der Waals surface area contributed by atoms with Gasteiger partial charge in [0, 0.05) is 18.0 Å². The molecule has 0 saturated heterocycles. The first-order valence-corrected chi connectivity index (χ1v) is 8.55. The van der Waals surface area contributed by atoms with Crippen LogP contribution in [0, 0.1) is 0 Å². The average Bonchev–Trinajstić information content (AvgIpc) is 3.26. The summed E-state index contributed by atoms with van der Waals surface area (Å²) in [5, 5.41) is 10.4. The van der Waals surface area contributed by atoms with E-state index in [0.717, 1.165) is 5.56 Å². The zero-order chi connectivity index (χ0) is 18.5. The number of imide groups is 1. The van der Waals surface area contributed by atoms with Gasteiger partial charge in [-0.2, -0.15) is 0 Å². The van der Waals surface area contributed by atoms with E-state index in [1.807, 2.05) is 16.7 Å². The normalized spacial score (nSPS) is 11.9. The maximum atomic E-state index is 11.9. The van der Waals surface area contributed by atoms with E-state index < -0.39 is 17.2 Å². The molecule has 26 heavy (non-hydrogen) atoms. The minimum Gasteiger partial charge on any atom is -0.467 e. The van der Waals surface area contributed by atoms with Crippen molar-refractivity contribution in [2.45, 2.75) is 23.9 Å². The zero-order valence-corrected chi connectivity index (χ0v) is 14.6. The molecule has 0 aromatic carbocycles. The minimum atomic E-state index is -0.893. The van der Waals surface area contributed by atoms with Crippen molar-refractivity contribution < 1.29 is 14.0 Å². The lowest BCUT2D eigenvalue weighted by atomic mass is 10.2. The molecule has 0 fully saturated rings. The topological polar surface area (TPSA) is 129 Å². The van der Waals surface area contributed by atoms with Crippen LogP contribution >= 0.6 is 11.8 Å². The van der Waals surface area contributed by atoms with Gasteiger partial charge < -0.3 is 10.2 Å². The number of nitrogens with one attached hydrogen (secondary N) is 1. The predicted molar refractivity (Wildman–Crippen MR) is 94.1 cm³/mol. The summed E-state index contributed by atoms with van der Waals surface area (Å²) in [5.74, 6) is 0.809. The molecule has 0 unspecified atom stereocenters. The summed E-state index contributed by atoms with van der Waals surface area (Å²) in [4.78, 5) is 26.9. The predicted octanol–water partition coefficient (Wildman–Crippen LogP) is 1.66. The van der Waals surface area contributed by atoms with E-state index in [1.54, 1.807) is 37.7 Å². The van der Waals surface area contributed by atoms with Crippen molar-refractivity contribution >= 4 is 23.7 Å². The van der Waals surface area contributed by atoms with Crippen LogP contribution in [0.25, 0.3) is 11.4 Å². The van der Waals surface area contributed by atoms with Crippen LogP contribution in [-0.2, 0) is 11.3 Å². The highest BCUT2D eigenvalue weighted by atomic mass is 32.2. The molecule has 10 heteroatoms. The third kappa shape index (κ3) is 4.09. The molecule has 134 valence electrons. The Morgan fingerprint density at radius 2 is 2.19 bits per heavy atom. The molecule has 1 atom stereocenters. The SMILES string of the molecule is C[C@H](Sc1nnc(-c2cccnc2)n1Cc1ccco1)C(=O)NC(N)=O. The van der Waals surface area contributed by atoms with Crippen molar-refractivity contribution in [2.75, 3.05) is 0 Å². The molecule has 0 aliphatic heterocycles. The highest BCUT2D eigenvalue weighted by Gasteiger charge is 2.22. The second kappa shape index (κ2) is 7.83. The number of thioether (sulfide) groups is 1. The van der Waals surface area contributed by atoms with Crippen molar-refractivity contribution in [3.8, 4) is 11.4 Å². The molecule has 0 aliphatic rings. The number of hydrogen-bond donors (Lipinski definition) is 2. The van der Waals surface area contributed by atoms with Gasteiger partial charge in [-0.1, -0.05) is 11.8 Å². The van der Waals surface area contributed by atoms with Crippen LogP contribution < -0.4 is 11.1 Å². The molecular weight excluding hydrogens is 356 g/mol. The molecule has 9 nitrogen and oxygen atoms in total. The van der Waals surface area contributed by atoms with E-state index in [-0.39, 0.29) is 0 Å². The summed E-state index contributed by atoms with van der Waals surface area (Å²) in [6, 6.07) is 6.41. The Balaban J connectivity index is 1.91. The molecule has 3 aromatic rings. The largest absolute Gasteiger partial charge is 0.467 e. The number of urea groups is 1. The molecular formula is C16H16N6O3S. The molecule has 0 saturated carbocycles. The van der Waals surface area contributed by atoms with Crippen LogP contribution in [0.4, 0.5) is 4.79 Å². The van der Waals surface area contributed by atoms with Crippen molar-refractivity contribution in [1.29, 1.82) is 0 Å². The Labute approximate surface area is 153 Å². The van der Waals surface area contributed by atoms with Gasteiger partial charge in [-0.05, 0) is 31.2 Å². The third-order valence-corrected chi connectivity index (χ3v) is 4.51. The highest BCUT2D eigenvalue weighted by Crippen LogP contribution is 2.27. The Morgan fingerprint density at radius 3 is 2.85 bits per heavy atom. The summed E-state index contributed by atoms with van der Waals surface area (Å²) < 4.78 is 7.24. The number of pyridine rings is 1. The molecule has 0 aliphatic carbocycles. The van der Waals surface area contributed by atoms with Crippen LogP contribution in [0.3, 0.4) is 0 Å². The molecule has 0 spiro atoms. The molecule has 0 radical (unpaired) electrons. The van der Waals surface area contributed by atoms with Gasteiger partial charge >= 0.3 is 6.03 Å². The average molecular weight is 372 g/mol. The number of amides is 3. The lowest BCUT2D eigenvalue weighted by molar-refractivity contribution is -0.119. The first-order valence-electron chi connectivity index (χ1n) is 7.67. The molecule has 3 amide bonds. The standard InChI is InChI=1S/C16H16N6O3S/c1-10(14(23)19-15(17)24)26-16-21-20-13(11-4-2-6-18-8-11)22(16)9-12-5-3-7-25-12/h2-8,10H,9H2,1H3,(H3,17,19,23,24)/t10-/m0/s1. The maximum Gasteiger partial charge on any atom is 0.318 e. The van der Waals surface area contributed by atoms with E-state index >= 15 is 0 Å². The van der Waals surface area contributed by atoms with E-state index in [1.165, 1.54) is 11.8 Å². The van der Waals surface area contributed by atoms with Crippen LogP contribution in [-0.4, -0.2) is 36.9 Å². The number of primary amides is 1. The lowest BCUT2D eigenvalue weighted by Gasteiger charge is -2.12. The fraction of sp³-hybridized carbons (Fsp3) is 0.188. The number of nitrogens with two attached hydrogens (primary N) is 1. The van der Waals surface area contributed by atoms with Gasteiger partial charge in [-0.3, -0.25) is 19.7 Å². The van der Waals surface area contributed by atoms with Crippen molar-refractivity contribution in [2.24, 2.45) is 5.73 Å². The van der Waals surface area contributed by atoms with Crippen molar-refractivity contribution in [3.05, 3.63) is 48.7 Å². The van der Waals surface area contributed by atoms with Crippen LogP contribution in [0.5, 0.6) is 0 Å². The van der Waals surface area contributed by atoms with Crippen LogP contribution in [0.1, 0.15) is 12.7 Å². The first-order chi connectivity index (χ1) is 12.5. The van der Waals surface area contributed by atoms with Crippen molar-refractivity contribution in [3.63, 3.8) is 0 Å². The van der Waals surface area contributed by atoms with E-state index in [2.05, 4.69) is 20.5 Å². The number of furan rings is 1. The summed E-state index contributed by atoms with van der Waals surface area (Å²) in [7, 11) is 0. The number of carbonyl (C=O) groups excluding carboxylic acids is 2. The lowest BCUT2D eigenvalue weighted by Crippen LogP contribution is -2.39. The molecule has 0 bridgehead atoms. The monoisotopic (exact) mass is 372 g/mol. The zero-order valence-electron chi connectivity index (χ0n) is 13.8. The van der Waals surface area contributed by atoms with E-state index in [4.69, 9.17) is 10.2 Å². The molecule has 3 rings (SSSR count). The number of nitrogens with zero attached hydrogens (tertiary/aromatic N) is 4. The summed E-state index contributed by atoms with van der Waals surface area (Å²) in [5.41, 5.74) is 5.78. The number of hydrogen-bond acceptors (Lipinski definition) is 7. The summed E-state index contributed by atoms with van der Waals surface area (Å²) in [6.07, 6.45) is 4.93. The molecule has 3 heterocycles. The first kappa shape index (κ1) is 17.7. The highest BCUT2D eigenvalue weighted by molar-refractivity contribution is 8.00. The minimum absolute atomic E-state index is 0.386. The molecule has 3 aromatic heterocycles. The maximum absolute atomic E-state index is 11.9. The number of aromatic nitrogens is 4. The van der Waals surface area contributed by atoms with Gasteiger partial charge in [-0.25, -0.2) is 4.79 Å². The third-order valence-electron chi connectivity index (χ3n) is 3.43. The number of rotatable bonds is 6. The Morgan fingerprint density at radius 1 is 1.35 bits per heavy atom. The van der Waals surface area contributed by atoms with Crippen LogP contribution in [0.15, 0.2) is 52.5 Å². The van der Waals surface area contributed by atoms with E-state index in [9.17, 15) is 9.59 Å². The van der Waals surface area contributed by atoms with Gasteiger partial charge in [0.2, 0.25) is 5.91 Å². The quantitative estimate of drug-likeness (QED) is 0.629.